The Balaban J connectivity index is 0.00000240. The molecular formula is C19H30ClN3O5S. The normalized spacial score (nSPS) is 38.5. The van der Waals surface area contributed by atoms with Crippen LogP contribution >= 0.6 is 24.2 Å². The van der Waals surface area contributed by atoms with Crippen LogP contribution in [0.15, 0.2) is 10.6 Å². The molecule has 1 amide bonds. The fourth-order valence-electron chi connectivity index (χ4n) is 5.24. The molecule has 4 heterocycles. The lowest BCUT2D eigenvalue weighted by atomic mass is 9.79. The maximum atomic E-state index is 12.4. The van der Waals surface area contributed by atoms with E-state index >= 15 is 0 Å². The number of thioether (sulfide) groups is 1. The molecule has 0 spiro atoms. The monoisotopic (exact) mass is 447 g/mol. The van der Waals surface area contributed by atoms with Gasteiger partial charge in [-0.2, -0.15) is 0 Å². The van der Waals surface area contributed by atoms with E-state index < -0.39 is 24.1 Å². The van der Waals surface area contributed by atoms with Crippen molar-refractivity contribution in [3.63, 3.8) is 0 Å². The molecule has 4 aliphatic heterocycles. The van der Waals surface area contributed by atoms with E-state index in [-0.39, 0.29) is 53.2 Å². The Morgan fingerprint density at radius 3 is 2.62 bits per heavy atom. The zero-order valence-corrected chi connectivity index (χ0v) is 18.2. The Morgan fingerprint density at radius 1 is 1.31 bits per heavy atom. The highest BCUT2D eigenvalue weighted by atomic mass is 35.5. The number of aliphatic hydroxyl groups excluding tert-OH is 2. The van der Waals surface area contributed by atoms with E-state index in [1.54, 1.807) is 6.92 Å². The molecule has 8 nitrogen and oxygen atoms in total. The number of halogens is 1. The van der Waals surface area contributed by atoms with E-state index in [0.717, 1.165) is 30.8 Å². The Bertz CT molecular complexity index is 699. The molecule has 0 radical (unpaired) electrons. The molecule has 3 fully saturated rings. The van der Waals surface area contributed by atoms with Crippen molar-refractivity contribution in [2.24, 2.45) is 17.8 Å². The quantitative estimate of drug-likeness (QED) is 0.360. The molecule has 0 aromatic carbocycles. The topological polar surface area (TPSA) is 122 Å². The Labute approximate surface area is 180 Å². The van der Waals surface area contributed by atoms with Crippen molar-refractivity contribution in [1.29, 1.82) is 0 Å². The first-order chi connectivity index (χ1) is 13.3. The molecule has 0 bridgehead atoms. The van der Waals surface area contributed by atoms with Crippen LogP contribution in [0.4, 0.5) is 0 Å². The predicted octanol–water partition coefficient (Wildman–Crippen LogP) is -0.00400. The molecule has 4 rings (SSSR count). The van der Waals surface area contributed by atoms with Crippen LogP contribution in [0, 0.1) is 17.8 Å². The number of β-lactam (4-membered cyclic amide) rings is 1. The summed E-state index contributed by atoms with van der Waals surface area (Å²) in [7, 11) is 0. The summed E-state index contributed by atoms with van der Waals surface area (Å²) in [5.41, 5.74) is 0.0772. The lowest BCUT2D eigenvalue weighted by Gasteiger charge is -2.46. The SMILES string of the molecule is C[C@@H](O)[C@H]1C(=O)N2C(C(=O)O)=C(S[C@@H]3CN[C@H]([C@H](O)[C@@H]4CCNC4)C3)[C@H](C)[C@H]12.Cl. The molecule has 0 aliphatic carbocycles. The number of hydrogen-bond acceptors (Lipinski definition) is 7. The van der Waals surface area contributed by atoms with Gasteiger partial charge in [0.1, 0.15) is 5.70 Å². The number of carbonyl (C=O) groups is 2. The van der Waals surface area contributed by atoms with Crippen molar-refractivity contribution in [3.8, 4) is 0 Å². The van der Waals surface area contributed by atoms with Crippen molar-refractivity contribution in [2.75, 3.05) is 19.6 Å². The summed E-state index contributed by atoms with van der Waals surface area (Å²) in [6.07, 6.45) is 0.547. The first-order valence-electron chi connectivity index (χ1n) is 10.1. The first kappa shape index (κ1) is 22.8. The van der Waals surface area contributed by atoms with Crippen molar-refractivity contribution in [1.82, 2.24) is 15.5 Å². The first-order valence-corrected chi connectivity index (χ1v) is 11.0. The van der Waals surface area contributed by atoms with E-state index in [4.69, 9.17) is 0 Å². The highest BCUT2D eigenvalue weighted by Crippen LogP contribution is 2.51. The fraction of sp³-hybridized carbons (Fsp3) is 0.789. The molecule has 164 valence electrons. The fourth-order valence-corrected chi connectivity index (χ4v) is 6.73. The number of hydrogen-bond donors (Lipinski definition) is 5. The summed E-state index contributed by atoms with van der Waals surface area (Å²) in [5, 5.41) is 37.2. The molecule has 29 heavy (non-hydrogen) atoms. The average Bonchev–Trinajstić information content (AvgIpc) is 3.35. The molecule has 8 atom stereocenters. The Morgan fingerprint density at radius 2 is 2.03 bits per heavy atom. The van der Waals surface area contributed by atoms with Crippen LogP contribution in [0.3, 0.4) is 0 Å². The Hall–Kier alpha value is -0.840. The third-order valence-corrected chi connectivity index (χ3v) is 8.23. The minimum absolute atomic E-state index is 0. The summed E-state index contributed by atoms with van der Waals surface area (Å²) in [5.74, 6) is -1.78. The minimum Gasteiger partial charge on any atom is -0.477 e. The van der Waals surface area contributed by atoms with Crippen LogP contribution in [0.25, 0.3) is 0 Å². The lowest BCUT2D eigenvalue weighted by Crippen LogP contribution is -2.63. The Kier molecular flexibility index (Phi) is 6.87. The van der Waals surface area contributed by atoms with Gasteiger partial charge in [0.2, 0.25) is 5.91 Å². The second-order valence-corrected chi connectivity index (χ2v) is 9.85. The van der Waals surface area contributed by atoms with Gasteiger partial charge in [-0.3, -0.25) is 4.79 Å². The van der Waals surface area contributed by atoms with Crippen molar-refractivity contribution >= 4 is 36.0 Å². The van der Waals surface area contributed by atoms with E-state index in [0.29, 0.717) is 6.54 Å². The van der Waals surface area contributed by atoms with Crippen molar-refractivity contribution in [3.05, 3.63) is 10.6 Å². The van der Waals surface area contributed by atoms with Gasteiger partial charge >= 0.3 is 5.97 Å². The van der Waals surface area contributed by atoms with E-state index in [9.17, 15) is 24.9 Å². The smallest absolute Gasteiger partial charge is 0.353 e. The number of nitrogens with zero attached hydrogens (tertiary/aromatic N) is 1. The molecular weight excluding hydrogens is 418 g/mol. The number of carbonyl (C=O) groups excluding carboxylic acids is 1. The number of carboxylic acids is 1. The van der Waals surface area contributed by atoms with Gasteiger partial charge in [0.15, 0.2) is 0 Å². The number of fused-ring (bicyclic) bond motifs is 1. The summed E-state index contributed by atoms with van der Waals surface area (Å²) >= 11 is 1.52. The highest BCUT2D eigenvalue weighted by Gasteiger charge is 2.60. The van der Waals surface area contributed by atoms with E-state index in [1.165, 1.54) is 16.7 Å². The maximum Gasteiger partial charge on any atom is 0.353 e. The number of rotatable bonds is 6. The summed E-state index contributed by atoms with van der Waals surface area (Å²) in [6, 6.07) is -0.265. The number of amides is 1. The molecule has 0 unspecified atom stereocenters. The van der Waals surface area contributed by atoms with Crippen LogP contribution in [-0.4, -0.2) is 81.3 Å². The molecule has 3 saturated heterocycles. The number of nitrogens with one attached hydrogen (secondary N) is 2. The van der Waals surface area contributed by atoms with Crippen LogP contribution in [0.1, 0.15) is 26.7 Å². The van der Waals surface area contributed by atoms with Crippen molar-refractivity contribution in [2.45, 2.75) is 56.2 Å². The van der Waals surface area contributed by atoms with Gasteiger partial charge in [0.25, 0.3) is 0 Å². The largest absolute Gasteiger partial charge is 0.477 e. The van der Waals surface area contributed by atoms with E-state index in [1.807, 2.05) is 6.92 Å². The number of carboxylic acid groups (broad SMARTS) is 1. The van der Waals surface area contributed by atoms with Gasteiger partial charge in [-0.15, -0.1) is 24.2 Å². The molecule has 10 heteroatoms. The maximum absolute atomic E-state index is 12.4. The summed E-state index contributed by atoms with van der Waals surface area (Å²) < 4.78 is 0. The minimum atomic E-state index is -1.09. The zero-order valence-electron chi connectivity index (χ0n) is 16.6. The molecule has 0 saturated carbocycles. The predicted molar refractivity (Wildman–Crippen MR) is 112 cm³/mol. The second-order valence-electron chi connectivity index (χ2n) is 8.51. The molecule has 4 aliphatic rings. The summed E-state index contributed by atoms with van der Waals surface area (Å²) in [4.78, 5) is 26.4. The zero-order chi connectivity index (χ0) is 20.2. The van der Waals surface area contributed by atoms with E-state index in [2.05, 4.69) is 10.6 Å². The number of aliphatic hydroxyl groups is 2. The standard InChI is InChI=1S/C19H29N3O5S.ClH/c1-8-14-13(9(2)23)18(25)22(14)15(19(26)27)17(8)28-11-5-12(21-7-11)16(24)10-3-4-20-6-10;/h8-14,16,20-21,23-24H,3-7H2,1-2H3,(H,26,27);1H/t8-,9-,10-,11+,12+,13-,14-,16-;/m1./s1. The second kappa shape index (κ2) is 8.72. The van der Waals surface area contributed by atoms with Gasteiger partial charge in [-0.05, 0) is 26.3 Å². The lowest BCUT2D eigenvalue weighted by molar-refractivity contribution is -0.163. The van der Waals surface area contributed by atoms with Crippen LogP contribution in [0.5, 0.6) is 0 Å². The number of aliphatic carboxylic acids is 1. The van der Waals surface area contributed by atoms with Gasteiger partial charge in [0.05, 0.1) is 24.2 Å². The van der Waals surface area contributed by atoms with Gasteiger partial charge in [-0.25, -0.2) is 4.79 Å². The molecule has 5 N–H and O–H groups in total. The van der Waals surface area contributed by atoms with Gasteiger partial charge in [0, 0.05) is 41.1 Å². The third-order valence-electron chi connectivity index (χ3n) is 6.72. The van der Waals surface area contributed by atoms with Gasteiger partial charge in [-0.1, -0.05) is 6.92 Å². The van der Waals surface area contributed by atoms with Gasteiger partial charge < -0.3 is 30.9 Å². The van der Waals surface area contributed by atoms with Crippen LogP contribution in [-0.2, 0) is 9.59 Å². The highest BCUT2D eigenvalue weighted by molar-refractivity contribution is 8.03. The van der Waals surface area contributed by atoms with Crippen molar-refractivity contribution < 1.29 is 24.9 Å². The summed E-state index contributed by atoms with van der Waals surface area (Å²) in [6.45, 7) is 6.00. The molecule has 0 aromatic heterocycles. The third kappa shape index (κ3) is 3.81. The molecule has 0 aromatic rings. The average molecular weight is 448 g/mol. The van der Waals surface area contributed by atoms with Crippen LogP contribution in [0.2, 0.25) is 0 Å². The van der Waals surface area contributed by atoms with Crippen LogP contribution < -0.4 is 10.6 Å².